The molecular formula is C15H30N4. The average molecular weight is 266 g/mol. The summed E-state index contributed by atoms with van der Waals surface area (Å²) in [4.78, 5) is 7.90. The predicted molar refractivity (Wildman–Crippen MR) is 79.2 cm³/mol. The molecule has 3 heterocycles. The van der Waals surface area contributed by atoms with Gasteiger partial charge < -0.3 is 10.6 Å². The molecule has 3 aliphatic heterocycles. The summed E-state index contributed by atoms with van der Waals surface area (Å²) in [7, 11) is 2.26. The van der Waals surface area contributed by atoms with Gasteiger partial charge in [0.15, 0.2) is 0 Å². The molecular weight excluding hydrogens is 236 g/mol. The Bertz CT molecular complexity index is 322. The summed E-state index contributed by atoms with van der Waals surface area (Å²) in [6, 6.07) is 1.29. The fourth-order valence-corrected chi connectivity index (χ4v) is 4.61. The number of nitrogens with zero attached hydrogens (tertiary/aromatic N) is 3. The second-order valence-electron chi connectivity index (χ2n) is 7.11. The molecule has 3 rings (SSSR count). The van der Waals surface area contributed by atoms with E-state index in [-0.39, 0.29) is 5.54 Å². The molecule has 5 unspecified atom stereocenters. The molecule has 0 spiro atoms. The van der Waals surface area contributed by atoms with Gasteiger partial charge in [0.2, 0.25) is 0 Å². The fraction of sp³-hybridized carbons (Fsp3) is 1.00. The minimum atomic E-state index is 0.288. The second-order valence-corrected chi connectivity index (χ2v) is 7.11. The lowest BCUT2D eigenvalue weighted by atomic mass is 9.76. The first-order chi connectivity index (χ1) is 9.06. The van der Waals surface area contributed by atoms with E-state index in [1.165, 1.54) is 45.6 Å². The third kappa shape index (κ3) is 2.13. The van der Waals surface area contributed by atoms with E-state index in [2.05, 4.69) is 35.6 Å². The van der Waals surface area contributed by atoms with Gasteiger partial charge in [-0.15, -0.1) is 0 Å². The molecule has 4 heteroatoms. The number of piperidine rings is 1. The number of hydrogen-bond donors (Lipinski definition) is 1. The molecule has 3 aliphatic rings. The van der Waals surface area contributed by atoms with Gasteiger partial charge in [-0.25, -0.2) is 0 Å². The van der Waals surface area contributed by atoms with Crippen LogP contribution in [0.2, 0.25) is 0 Å². The molecule has 19 heavy (non-hydrogen) atoms. The van der Waals surface area contributed by atoms with Crippen LogP contribution in [0.15, 0.2) is 0 Å². The van der Waals surface area contributed by atoms with Crippen LogP contribution in [0.5, 0.6) is 0 Å². The van der Waals surface area contributed by atoms with Crippen LogP contribution in [0.4, 0.5) is 0 Å². The van der Waals surface area contributed by atoms with E-state index in [0.29, 0.717) is 12.1 Å². The Balaban J connectivity index is 1.82. The van der Waals surface area contributed by atoms with Crippen LogP contribution < -0.4 is 5.73 Å². The lowest BCUT2D eigenvalue weighted by Gasteiger charge is -2.55. The maximum atomic E-state index is 6.31. The summed E-state index contributed by atoms with van der Waals surface area (Å²) in [6.07, 6.45) is 2.63. The summed E-state index contributed by atoms with van der Waals surface area (Å²) in [5.41, 5.74) is 6.59. The highest BCUT2D eigenvalue weighted by atomic mass is 15.3. The summed E-state index contributed by atoms with van der Waals surface area (Å²) in [5.74, 6) is 0.800. The molecule has 3 fully saturated rings. The van der Waals surface area contributed by atoms with Crippen molar-refractivity contribution >= 4 is 0 Å². The van der Waals surface area contributed by atoms with E-state index in [9.17, 15) is 0 Å². The smallest absolute Gasteiger partial charge is 0.0385 e. The zero-order chi connectivity index (χ0) is 13.6. The molecule has 0 aliphatic carbocycles. The number of nitrogens with two attached hydrogens (primary N) is 1. The van der Waals surface area contributed by atoms with Gasteiger partial charge in [-0.05, 0) is 52.7 Å². The second kappa shape index (κ2) is 4.99. The lowest BCUT2D eigenvalue weighted by molar-refractivity contribution is -0.0519. The summed E-state index contributed by atoms with van der Waals surface area (Å²) in [6.45, 7) is 11.8. The van der Waals surface area contributed by atoms with E-state index in [1.807, 2.05) is 0 Å². The molecule has 0 aromatic carbocycles. The summed E-state index contributed by atoms with van der Waals surface area (Å²) < 4.78 is 0. The van der Waals surface area contributed by atoms with Crippen LogP contribution in [0, 0.1) is 5.92 Å². The first-order valence-electron chi connectivity index (χ1n) is 7.96. The van der Waals surface area contributed by atoms with Gasteiger partial charge in [-0.1, -0.05) is 0 Å². The van der Waals surface area contributed by atoms with Gasteiger partial charge in [0.05, 0.1) is 0 Å². The van der Waals surface area contributed by atoms with Crippen LogP contribution in [0.3, 0.4) is 0 Å². The number of fused-ring (bicyclic) bond motifs is 2. The van der Waals surface area contributed by atoms with Gasteiger partial charge in [-0.2, -0.15) is 0 Å². The molecule has 2 bridgehead atoms. The molecule has 5 atom stereocenters. The van der Waals surface area contributed by atoms with Crippen molar-refractivity contribution in [3.63, 3.8) is 0 Å². The Morgan fingerprint density at radius 2 is 1.79 bits per heavy atom. The Morgan fingerprint density at radius 3 is 2.42 bits per heavy atom. The van der Waals surface area contributed by atoms with Gasteiger partial charge in [0, 0.05) is 43.8 Å². The topological polar surface area (TPSA) is 35.7 Å². The Hall–Kier alpha value is -0.160. The molecule has 0 aromatic heterocycles. The van der Waals surface area contributed by atoms with Crippen molar-refractivity contribution in [1.82, 2.24) is 14.7 Å². The molecule has 0 radical (unpaired) electrons. The molecule has 0 aromatic rings. The van der Waals surface area contributed by atoms with E-state index in [4.69, 9.17) is 5.73 Å². The van der Waals surface area contributed by atoms with Crippen LogP contribution in [0.25, 0.3) is 0 Å². The van der Waals surface area contributed by atoms with E-state index >= 15 is 0 Å². The van der Waals surface area contributed by atoms with Crippen LogP contribution in [-0.4, -0.2) is 78.6 Å². The van der Waals surface area contributed by atoms with Gasteiger partial charge in [-0.3, -0.25) is 9.80 Å². The third-order valence-electron chi connectivity index (χ3n) is 6.24. The third-order valence-corrected chi connectivity index (χ3v) is 6.24. The molecule has 3 saturated heterocycles. The van der Waals surface area contributed by atoms with Gasteiger partial charge >= 0.3 is 0 Å². The standard InChI is InChI=1S/C15H30N4/c1-12-8-19(9-13(2)17(12)3)15(11-16)5-7-18-6-4-14(15)10-18/h12-14H,4-11,16H2,1-3H3. The normalized spacial score (nSPS) is 48.6. The van der Waals surface area contributed by atoms with Crippen LogP contribution in [0.1, 0.15) is 26.7 Å². The molecule has 2 N–H and O–H groups in total. The largest absolute Gasteiger partial charge is 0.329 e. The molecule has 0 saturated carbocycles. The maximum Gasteiger partial charge on any atom is 0.0385 e. The van der Waals surface area contributed by atoms with Crippen molar-refractivity contribution in [3.8, 4) is 0 Å². The highest BCUT2D eigenvalue weighted by Gasteiger charge is 2.50. The zero-order valence-corrected chi connectivity index (χ0v) is 12.8. The maximum absolute atomic E-state index is 6.31. The zero-order valence-electron chi connectivity index (χ0n) is 12.8. The highest BCUT2D eigenvalue weighted by molar-refractivity contribution is 5.07. The number of piperazine rings is 1. The quantitative estimate of drug-likeness (QED) is 0.786. The van der Waals surface area contributed by atoms with E-state index in [0.717, 1.165) is 12.5 Å². The van der Waals surface area contributed by atoms with Gasteiger partial charge in [0.1, 0.15) is 0 Å². The number of likely N-dealkylation sites (N-methyl/N-ethyl adjacent to an activating group) is 1. The Labute approximate surface area is 117 Å². The number of hydrogen-bond acceptors (Lipinski definition) is 4. The SMILES string of the molecule is CC1CN(C2(CN)CCN3CCC2C3)CC(C)N1C. The Kier molecular flexibility index (Phi) is 3.63. The van der Waals surface area contributed by atoms with Crippen molar-refractivity contribution in [3.05, 3.63) is 0 Å². The lowest BCUT2D eigenvalue weighted by Crippen LogP contribution is -2.68. The summed E-state index contributed by atoms with van der Waals surface area (Å²) >= 11 is 0. The fourth-order valence-electron chi connectivity index (χ4n) is 4.61. The molecule has 110 valence electrons. The highest BCUT2D eigenvalue weighted by Crippen LogP contribution is 2.40. The van der Waals surface area contributed by atoms with Crippen molar-refractivity contribution in [1.29, 1.82) is 0 Å². The predicted octanol–water partition coefficient (Wildman–Crippen LogP) is 0.434. The van der Waals surface area contributed by atoms with Crippen molar-refractivity contribution in [2.45, 2.75) is 44.3 Å². The van der Waals surface area contributed by atoms with Crippen LogP contribution >= 0.6 is 0 Å². The Morgan fingerprint density at radius 1 is 1.11 bits per heavy atom. The van der Waals surface area contributed by atoms with Crippen LogP contribution in [-0.2, 0) is 0 Å². The monoisotopic (exact) mass is 266 g/mol. The van der Waals surface area contributed by atoms with Crippen molar-refractivity contribution in [2.75, 3.05) is 46.3 Å². The minimum absolute atomic E-state index is 0.288. The minimum Gasteiger partial charge on any atom is -0.329 e. The number of rotatable bonds is 2. The van der Waals surface area contributed by atoms with Gasteiger partial charge in [0.25, 0.3) is 0 Å². The van der Waals surface area contributed by atoms with Crippen molar-refractivity contribution in [2.24, 2.45) is 11.7 Å². The first kappa shape index (κ1) is 13.8. The average Bonchev–Trinajstić information content (AvgIpc) is 2.80. The van der Waals surface area contributed by atoms with Crippen molar-refractivity contribution < 1.29 is 0 Å². The molecule has 0 amide bonds. The van der Waals surface area contributed by atoms with E-state index in [1.54, 1.807) is 0 Å². The summed E-state index contributed by atoms with van der Waals surface area (Å²) in [5, 5.41) is 0. The first-order valence-corrected chi connectivity index (χ1v) is 7.96. The molecule has 4 nitrogen and oxygen atoms in total. The van der Waals surface area contributed by atoms with E-state index < -0.39 is 0 Å².